The normalized spacial score (nSPS) is 10.1. The van der Waals surface area contributed by atoms with Crippen LogP contribution in [-0.4, -0.2) is 5.91 Å². The number of anilines is 1. The number of ether oxygens (including phenoxy) is 1. The summed E-state index contributed by atoms with van der Waals surface area (Å²) in [6.45, 7) is 0.311. The van der Waals surface area contributed by atoms with Gasteiger partial charge in [0.2, 0.25) is 0 Å². The lowest BCUT2D eigenvalue weighted by Gasteiger charge is -2.11. The van der Waals surface area contributed by atoms with Crippen LogP contribution in [0.15, 0.2) is 42.5 Å². The number of hydrogen-bond acceptors (Lipinski definition) is 4. The Kier molecular flexibility index (Phi) is 4.45. The Morgan fingerprint density at radius 3 is 2.55 bits per heavy atom. The van der Waals surface area contributed by atoms with E-state index >= 15 is 0 Å². The van der Waals surface area contributed by atoms with Crippen LogP contribution in [0.5, 0.6) is 5.75 Å². The summed E-state index contributed by atoms with van der Waals surface area (Å²) in [6.07, 6.45) is 0. The summed E-state index contributed by atoms with van der Waals surface area (Å²) in [6, 6.07) is 12.1. The van der Waals surface area contributed by atoms with Crippen molar-refractivity contribution in [2.45, 2.75) is 6.61 Å². The lowest BCUT2D eigenvalue weighted by Crippen LogP contribution is -2.30. The van der Waals surface area contributed by atoms with E-state index in [9.17, 15) is 4.79 Å². The first kappa shape index (κ1) is 14.2. The van der Waals surface area contributed by atoms with E-state index in [-0.39, 0.29) is 0 Å². The molecule has 6 heteroatoms. The molecule has 20 heavy (non-hydrogen) atoms. The fraction of sp³-hybridized carbons (Fsp3) is 0.0714. The van der Waals surface area contributed by atoms with Crippen molar-refractivity contribution < 1.29 is 9.53 Å². The largest absolute Gasteiger partial charge is 0.488 e. The lowest BCUT2D eigenvalue weighted by molar-refractivity contribution is 0.0949. The molecular weight excluding hydrogens is 278 g/mol. The molecule has 0 saturated carbocycles. The first-order chi connectivity index (χ1) is 9.60. The van der Waals surface area contributed by atoms with E-state index < -0.39 is 5.91 Å². The second-order valence-electron chi connectivity index (χ2n) is 4.14. The van der Waals surface area contributed by atoms with Crippen molar-refractivity contribution >= 4 is 23.2 Å². The maximum Gasteiger partial charge on any atom is 0.269 e. The molecular formula is C14H14ClN3O2. The smallest absolute Gasteiger partial charge is 0.269 e. The molecule has 5 N–H and O–H groups in total. The Morgan fingerprint density at radius 2 is 1.90 bits per heavy atom. The molecule has 2 aromatic rings. The Hall–Kier alpha value is -2.24. The zero-order chi connectivity index (χ0) is 14.5. The van der Waals surface area contributed by atoms with Crippen molar-refractivity contribution in [1.82, 2.24) is 5.43 Å². The zero-order valence-electron chi connectivity index (χ0n) is 10.6. The van der Waals surface area contributed by atoms with Gasteiger partial charge in [0, 0.05) is 10.7 Å². The molecule has 0 bridgehead atoms. The number of nitrogens with two attached hydrogens (primary N) is 2. The zero-order valence-corrected chi connectivity index (χ0v) is 11.4. The van der Waals surface area contributed by atoms with E-state index in [2.05, 4.69) is 5.43 Å². The third-order valence-electron chi connectivity index (χ3n) is 2.69. The minimum atomic E-state index is -0.455. The highest BCUT2D eigenvalue weighted by molar-refractivity contribution is 6.30. The number of halogens is 1. The first-order valence-electron chi connectivity index (χ1n) is 5.88. The standard InChI is InChI=1S/C14H14ClN3O2/c15-10-3-1-9(2-4-10)8-20-13-6-5-11(16)7-12(13)14(19)18-17/h1-7H,8,16-17H2,(H,18,19). The molecule has 0 radical (unpaired) electrons. The molecule has 5 nitrogen and oxygen atoms in total. The Balaban J connectivity index is 2.16. The van der Waals surface area contributed by atoms with Gasteiger partial charge in [-0.3, -0.25) is 10.2 Å². The predicted molar refractivity (Wildman–Crippen MR) is 78.3 cm³/mol. The van der Waals surface area contributed by atoms with Gasteiger partial charge in [-0.25, -0.2) is 5.84 Å². The topological polar surface area (TPSA) is 90.4 Å². The fourth-order valence-corrected chi connectivity index (χ4v) is 1.80. The van der Waals surface area contributed by atoms with Crippen LogP contribution < -0.4 is 21.7 Å². The van der Waals surface area contributed by atoms with Crippen LogP contribution >= 0.6 is 11.6 Å². The number of nitrogen functional groups attached to an aromatic ring is 2. The van der Waals surface area contributed by atoms with Crippen molar-refractivity contribution in [3.63, 3.8) is 0 Å². The van der Waals surface area contributed by atoms with E-state index in [1.165, 1.54) is 6.07 Å². The van der Waals surface area contributed by atoms with Crippen LogP contribution in [-0.2, 0) is 6.61 Å². The van der Waals surface area contributed by atoms with Gasteiger partial charge in [-0.1, -0.05) is 23.7 Å². The maximum atomic E-state index is 11.7. The Bertz CT molecular complexity index is 614. The molecule has 0 saturated heterocycles. The second kappa shape index (κ2) is 6.27. The minimum Gasteiger partial charge on any atom is -0.488 e. The van der Waals surface area contributed by atoms with Crippen LogP contribution in [0.25, 0.3) is 0 Å². The van der Waals surface area contributed by atoms with Gasteiger partial charge in [-0.05, 0) is 35.9 Å². The van der Waals surface area contributed by atoms with Crippen molar-refractivity contribution in [3.05, 3.63) is 58.6 Å². The van der Waals surface area contributed by atoms with E-state index in [1.807, 2.05) is 12.1 Å². The number of carbonyl (C=O) groups is 1. The number of hydrazine groups is 1. The molecule has 2 aromatic carbocycles. The van der Waals surface area contributed by atoms with Crippen LogP contribution in [0, 0.1) is 0 Å². The summed E-state index contributed by atoms with van der Waals surface area (Å²) in [4.78, 5) is 11.7. The minimum absolute atomic E-state index is 0.293. The van der Waals surface area contributed by atoms with E-state index in [0.717, 1.165) is 5.56 Å². The van der Waals surface area contributed by atoms with Gasteiger partial charge in [-0.15, -0.1) is 0 Å². The van der Waals surface area contributed by atoms with Gasteiger partial charge < -0.3 is 10.5 Å². The van der Waals surface area contributed by atoms with E-state index in [4.69, 9.17) is 27.9 Å². The fourth-order valence-electron chi connectivity index (χ4n) is 1.67. The van der Waals surface area contributed by atoms with Crippen LogP contribution in [0.4, 0.5) is 5.69 Å². The summed E-state index contributed by atoms with van der Waals surface area (Å²) in [5, 5.41) is 0.657. The molecule has 0 heterocycles. The summed E-state index contributed by atoms with van der Waals surface area (Å²) < 4.78 is 5.63. The molecule has 0 unspecified atom stereocenters. The number of nitrogens with one attached hydrogen (secondary N) is 1. The molecule has 0 aliphatic heterocycles. The van der Waals surface area contributed by atoms with Gasteiger partial charge in [0.25, 0.3) is 5.91 Å². The summed E-state index contributed by atoms with van der Waals surface area (Å²) in [5.74, 6) is 5.10. The van der Waals surface area contributed by atoms with Gasteiger partial charge in [-0.2, -0.15) is 0 Å². The van der Waals surface area contributed by atoms with Crippen molar-refractivity contribution in [2.24, 2.45) is 5.84 Å². The molecule has 1 amide bonds. The van der Waals surface area contributed by atoms with Crippen LogP contribution in [0.3, 0.4) is 0 Å². The number of rotatable bonds is 4. The number of hydrogen-bond donors (Lipinski definition) is 3. The van der Waals surface area contributed by atoms with Crippen molar-refractivity contribution in [1.29, 1.82) is 0 Å². The SMILES string of the molecule is NNC(=O)c1cc(N)ccc1OCc1ccc(Cl)cc1. The van der Waals surface area contributed by atoms with Gasteiger partial charge in [0.05, 0.1) is 5.56 Å². The van der Waals surface area contributed by atoms with Crippen molar-refractivity contribution in [3.8, 4) is 5.75 Å². The molecule has 2 rings (SSSR count). The monoisotopic (exact) mass is 291 g/mol. The number of benzene rings is 2. The highest BCUT2D eigenvalue weighted by atomic mass is 35.5. The van der Waals surface area contributed by atoms with E-state index in [0.29, 0.717) is 28.6 Å². The van der Waals surface area contributed by atoms with Crippen molar-refractivity contribution in [2.75, 3.05) is 5.73 Å². The van der Waals surface area contributed by atoms with E-state index in [1.54, 1.807) is 24.3 Å². The third-order valence-corrected chi connectivity index (χ3v) is 2.94. The molecule has 0 atom stereocenters. The summed E-state index contributed by atoms with van der Waals surface area (Å²) in [7, 11) is 0. The van der Waals surface area contributed by atoms with Gasteiger partial charge >= 0.3 is 0 Å². The third kappa shape index (κ3) is 3.40. The van der Waals surface area contributed by atoms with Crippen LogP contribution in [0.2, 0.25) is 5.02 Å². The molecule has 0 fully saturated rings. The maximum absolute atomic E-state index is 11.7. The summed E-state index contributed by atoms with van der Waals surface area (Å²) in [5.41, 5.74) is 9.40. The average Bonchev–Trinajstić information content (AvgIpc) is 2.46. The molecule has 0 spiro atoms. The van der Waals surface area contributed by atoms with Gasteiger partial charge in [0.15, 0.2) is 0 Å². The van der Waals surface area contributed by atoms with Gasteiger partial charge in [0.1, 0.15) is 12.4 Å². The molecule has 0 aliphatic carbocycles. The summed E-state index contributed by atoms with van der Waals surface area (Å²) >= 11 is 5.81. The molecule has 0 aromatic heterocycles. The predicted octanol–water partition coefficient (Wildman–Crippen LogP) is 2.10. The molecule has 104 valence electrons. The highest BCUT2D eigenvalue weighted by Crippen LogP contribution is 2.22. The number of amides is 1. The highest BCUT2D eigenvalue weighted by Gasteiger charge is 2.12. The average molecular weight is 292 g/mol. The quantitative estimate of drug-likeness (QED) is 0.348. The Morgan fingerprint density at radius 1 is 1.20 bits per heavy atom. The second-order valence-corrected chi connectivity index (χ2v) is 4.58. The lowest BCUT2D eigenvalue weighted by atomic mass is 10.1. The first-order valence-corrected chi connectivity index (χ1v) is 6.25. The molecule has 0 aliphatic rings. The number of carbonyl (C=O) groups excluding carboxylic acids is 1. The Labute approximate surface area is 121 Å². The van der Waals surface area contributed by atoms with Crippen LogP contribution in [0.1, 0.15) is 15.9 Å².